The van der Waals surface area contributed by atoms with Crippen LogP contribution < -0.4 is 10.3 Å². The maximum Gasteiger partial charge on any atom is 0.490 e. The van der Waals surface area contributed by atoms with E-state index in [2.05, 4.69) is 15.0 Å². The summed E-state index contributed by atoms with van der Waals surface area (Å²) in [5.74, 6) is -2.01. The number of aromatic amines is 1. The molecule has 0 saturated carbocycles. The zero-order valence-electron chi connectivity index (χ0n) is 22.4. The quantitative estimate of drug-likeness (QED) is 0.383. The first kappa shape index (κ1) is 31.1. The van der Waals surface area contributed by atoms with Gasteiger partial charge in [0.15, 0.2) is 15.4 Å². The number of rotatable bonds is 9. The molecule has 15 heteroatoms. The number of carbonyl (C=O) groups is 1. The lowest BCUT2D eigenvalue weighted by atomic mass is 10.1. The number of sulfone groups is 1. The highest BCUT2D eigenvalue weighted by atomic mass is 32.2. The van der Waals surface area contributed by atoms with Crippen molar-refractivity contribution in [3.05, 3.63) is 34.2 Å². The van der Waals surface area contributed by atoms with Crippen LogP contribution in [-0.4, -0.2) is 75.8 Å². The molecule has 0 radical (unpaired) electrons. The van der Waals surface area contributed by atoms with Crippen LogP contribution in [0.5, 0.6) is 5.75 Å². The van der Waals surface area contributed by atoms with Gasteiger partial charge >= 0.3 is 12.1 Å². The molecule has 1 saturated heterocycles. The van der Waals surface area contributed by atoms with Crippen LogP contribution in [0.1, 0.15) is 45.7 Å². The van der Waals surface area contributed by atoms with Gasteiger partial charge in [0.25, 0.3) is 5.56 Å². The number of nitrogens with zero attached hydrogens (tertiary/aromatic N) is 4. The summed E-state index contributed by atoms with van der Waals surface area (Å²) in [6.45, 7) is 8.57. The second-order valence-electron chi connectivity index (χ2n) is 9.09. The number of halogens is 3. The molecule has 1 aliphatic heterocycles. The van der Waals surface area contributed by atoms with Gasteiger partial charge in [-0.25, -0.2) is 22.9 Å². The second kappa shape index (κ2) is 12.8. The summed E-state index contributed by atoms with van der Waals surface area (Å²) < 4.78 is 64.3. The number of hydrogen-bond acceptors (Lipinski definition) is 8. The first-order valence-electron chi connectivity index (χ1n) is 12.8. The summed E-state index contributed by atoms with van der Waals surface area (Å²) in [6.07, 6.45) is -1.37. The average molecular weight is 588 g/mol. The van der Waals surface area contributed by atoms with Gasteiger partial charge in [0.2, 0.25) is 0 Å². The van der Waals surface area contributed by atoms with Crippen LogP contribution in [0.3, 0.4) is 0 Å². The number of alkyl halides is 3. The van der Waals surface area contributed by atoms with Gasteiger partial charge in [-0.1, -0.05) is 20.8 Å². The zero-order chi connectivity index (χ0) is 29.7. The standard InChI is InChI=1S/C23H31N5O4S.C2HF3O2/c1-4-13-32-19-10-9-16(33(30,31)6-3)14-17(19)22-24-20-18(5-2)26-28(21(20)23(29)25-22)15-27-11-7-8-12-27;3-2(4,5)1(6)7/h9-10,14H,4-8,11-13,15H2,1-3H3,(H,24,25,29);(H,6,7). The lowest BCUT2D eigenvalue weighted by Crippen LogP contribution is -2.25. The van der Waals surface area contributed by atoms with E-state index >= 15 is 0 Å². The van der Waals surface area contributed by atoms with E-state index in [0.717, 1.165) is 38.0 Å². The highest BCUT2D eigenvalue weighted by molar-refractivity contribution is 7.91. The summed E-state index contributed by atoms with van der Waals surface area (Å²) in [4.78, 5) is 32.2. The normalized spacial score (nSPS) is 14.2. The monoisotopic (exact) mass is 587 g/mol. The minimum absolute atomic E-state index is 0.0200. The van der Waals surface area contributed by atoms with Crippen LogP contribution in [0.15, 0.2) is 27.9 Å². The third-order valence-electron chi connectivity index (χ3n) is 6.18. The van der Waals surface area contributed by atoms with E-state index in [1.807, 2.05) is 13.8 Å². The van der Waals surface area contributed by atoms with Crippen LogP contribution in [0.4, 0.5) is 13.2 Å². The molecule has 40 heavy (non-hydrogen) atoms. The predicted molar refractivity (Wildman–Crippen MR) is 141 cm³/mol. The molecular weight excluding hydrogens is 555 g/mol. The third kappa shape index (κ3) is 7.18. The van der Waals surface area contributed by atoms with Crippen molar-refractivity contribution < 1.29 is 36.2 Å². The van der Waals surface area contributed by atoms with Gasteiger partial charge in [-0.15, -0.1) is 0 Å². The van der Waals surface area contributed by atoms with E-state index in [4.69, 9.17) is 19.6 Å². The first-order valence-corrected chi connectivity index (χ1v) is 14.5. The summed E-state index contributed by atoms with van der Waals surface area (Å²) in [6, 6.07) is 4.71. The van der Waals surface area contributed by atoms with Gasteiger partial charge in [0, 0.05) is 0 Å². The fourth-order valence-corrected chi connectivity index (χ4v) is 5.03. The minimum Gasteiger partial charge on any atom is -0.493 e. The molecule has 220 valence electrons. The number of aliphatic carboxylic acids is 1. The molecule has 4 rings (SSSR count). The van der Waals surface area contributed by atoms with Crippen molar-refractivity contribution in [3.8, 4) is 17.1 Å². The summed E-state index contributed by atoms with van der Waals surface area (Å²) in [7, 11) is -3.44. The van der Waals surface area contributed by atoms with Crippen LogP contribution >= 0.6 is 0 Å². The van der Waals surface area contributed by atoms with Crippen molar-refractivity contribution in [2.45, 2.75) is 64.2 Å². The van der Waals surface area contributed by atoms with E-state index in [1.165, 1.54) is 12.1 Å². The molecule has 1 aromatic carbocycles. The number of nitrogens with one attached hydrogen (secondary N) is 1. The van der Waals surface area contributed by atoms with Crippen molar-refractivity contribution in [1.29, 1.82) is 0 Å². The van der Waals surface area contributed by atoms with Crippen molar-refractivity contribution in [2.75, 3.05) is 25.4 Å². The number of carboxylic acids is 1. The Hall–Kier alpha value is -3.46. The van der Waals surface area contributed by atoms with Crippen molar-refractivity contribution in [3.63, 3.8) is 0 Å². The van der Waals surface area contributed by atoms with E-state index in [-0.39, 0.29) is 22.0 Å². The number of ether oxygens (including phenoxy) is 1. The number of H-pyrrole nitrogens is 1. The number of benzene rings is 1. The lowest BCUT2D eigenvalue weighted by Gasteiger charge is -2.15. The Morgan fingerprint density at radius 1 is 1.18 bits per heavy atom. The largest absolute Gasteiger partial charge is 0.493 e. The van der Waals surface area contributed by atoms with Crippen LogP contribution in [0.25, 0.3) is 22.4 Å². The molecule has 0 amide bonds. The van der Waals surface area contributed by atoms with Gasteiger partial charge in [-0.2, -0.15) is 18.3 Å². The molecule has 3 heterocycles. The Kier molecular flexibility index (Phi) is 9.95. The lowest BCUT2D eigenvalue weighted by molar-refractivity contribution is -0.192. The van der Waals surface area contributed by atoms with Crippen molar-refractivity contribution in [2.24, 2.45) is 0 Å². The molecule has 1 fully saturated rings. The molecule has 2 N–H and O–H groups in total. The van der Waals surface area contributed by atoms with Crippen molar-refractivity contribution >= 4 is 26.8 Å². The average Bonchev–Trinajstić information content (AvgIpc) is 3.55. The van der Waals surface area contributed by atoms with E-state index in [9.17, 15) is 26.4 Å². The summed E-state index contributed by atoms with van der Waals surface area (Å²) >= 11 is 0. The third-order valence-corrected chi connectivity index (χ3v) is 7.92. The zero-order valence-corrected chi connectivity index (χ0v) is 23.2. The SMILES string of the molecule is CCCOc1ccc(S(=O)(=O)CC)cc1-c1nc2c(CC)nn(CN3CCCC3)c2c(=O)[nH]1.O=C(O)C(F)(F)F. The molecule has 0 unspecified atom stereocenters. The highest BCUT2D eigenvalue weighted by Crippen LogP contribution is 2.31. The van der Waals surface area contributed by atoms with Gasteiger partial charge < -0.3 is 14.8 Å². The first-order chi connectivity index (χ1) is 18.8. The Labute approximate surface area is 228 Å². The molecule has 0 aliphatic carbocycles. The Morgan fingerprint density at radius 2 is 1.82 bits per heavy atom. The van der Waals surface area contributed by atoms with E-state index in [0.29, 0.717) is 42.0 Å². The van der Waals surface area contributed by atoms with Crippen molar-refractivity contribution in [1.82, 2.24) is 24.6 Å². The topological polar surface area (TPSA) is 147 Å². The van der Waals surface area contributed by atoms with Gasteiger partial charge in [0.05, 0.1) is 35.2 Å². The maximum absolute atomic E-state index is 13.2. The molecular formula is C25H32F3N5O6S. The summed E-state index contributed by atoms with van der Waals surface area (Å²) in [5, 5.41) is 11.8. The highest BCUT2D eigenvalue weighted by Gasteiger charge is 2.38. The molecule has 0 spiro atoms. The molecule has 0 atom stereocenters. The Morgan fingerprint density at radius 3 is 2.38 bits per heavy atom. The van der Waals surface area contributed by atoms with Crippen LogP contribution in [0.2, 0.25) is 0 Å². The fraction of sp³-hybridized carbons (Fsp3) is 0.520. The van der Waals surface area contributed by atoms with Gasteiger partial charge in [-0.05, 0) is 57.0 Å². The maximum atomic E-state index is 13.2. The molecule has 2 aromatic heterocycles. The number of carboxylic acid groups (broad SMARTS) is 1. The second-order valence-corrected chi connectivity index (χ2v) is 11.4. The number of fused-ring (bicyclic) bond motifs is 1. The van der Waals surface area contributed by atoms with E-state index < -0.39 is 22.0 Å². The number of aromatic nitrogens is 4. The molecule has 0 bridgehead atoms. The predicted octanol–water partition coefficient (Wildman–Crippen LogP) is 3.62. The minimum atomic E-state index is -5.08. The molecule has 3 aromatic rings. The number of aryl methyl sites for hydroxylation is 1. The molecule has 11 nitrogen and oxygen atoms in total. The number of hydrogen-bond donors (Lipinski definition) is 2. The smallest absolute Gasteiger partial charge is 0.490 e. The Balaban J connectivity index is 0.000000559. The van der Waals surface area contributed by atoms with E-state index in [1.54, 1.807) is 17.7 Å². The van der Waals surface area contributed by atoms with Crippen LogP contribution in [0, 0.1) is 0 Å². The van der Waals surface area contributed by atoms with Gasteiger partial charge in [-0.3, -0.25) is 9.69 Å². The van der Waals surface area contributed by atoms with Gasteiger partial charge in [0.1, 0.15) is 17.1 Å². The number of likely N-dealkylation sites (tertiary alicyclic amines) is 1. The van der Waals surface area contributed by atoms with Crippen LogP contribution in [-0.2, 0) is 27.7 Å². The summed E-state index contributed by atoms with van der Waals surface area (Å²) in [5.41, 5.74) is 1.87. The molecule has 1 aliphatic rings. The Bertz CT molecular complexity index is 1510. The fourth-order valence-electron chi connectivity index (χ4n) is 4.12.